The third-order valence-electron chi connectivity index (χ3n) is 0.565. The summed E-state index contributed by atoms with van der Waals surface area (Å²) in [4.78, 5) is 27.3. The predicted octanol–water partition coefficient (Wildman–Crippen LogP) is -5.09. The molecule has 0 aliphatic carbocycles. The summed E-state index contributed by atoms with van der Waals surface area (Å²) in [6, 6.07) is 0. The molecular formula is C7H13NaO8. The third kappa shape index (κ3) is 71.3. The van der Waals surface area contributed by atoms with Gasteiger partial charge in [0, 0.05) is 6.92 Å². The number of hydrogen-bond acceptors (Lipinski definition) is 6. The second kappa shape index (κ2) is 16.7. The van der Waals surface area contributed by atoms with Gasteiger partial charge in [-0.15, -0.1) is 0 Å². The van der Waals surface area contributed by atoms with Crippen molar-refractivity contribution in [3.8, 4) is 0 Å². The maximum absolute atomic E-state index is 9.54. The molecular weight excluding hydrogens is 235 g/mol. The van der Waals surface area contributed by atoms with Gasteiger partial charge in [0.2, 0.25) is 11.9 Å². The number of aliphatic carboxylic acids is 1. The zero-order valence-electron chi connectivity index (χ0n) is 9.21. The van der Waals surface area contributed by atoms with Crippen LogP contribution in [0.25, 0.3) is 0 Å². The summed E-state index contributed by atoms with van der Waals surface area (Å²) in [5.41, 5.74) is 0. The number of rotatable bonds is 2. The molecule has 0 radical (unpaired) electrons. The van der Waals surface area contributed by atoms with Gasteiger partial charge in [-0.3, -0.25) is 4.79 Å². The number of ketones is 1. The normalized spacial score (nSPS) is 9.00. The molecule has 0 saturated heterocycles. The van der Waals surface area contributed by atoms with E-state index in [9.17, 15) is 9.59 Å². The Labute approximate surface area is 114 Å². The van der Waals surface area contributed by atoms with Crippen LogP contribution in [-0.2, 0) is 9.59 Å². The molecule has 0 fully saturated rings. The van der Waals surface area contributed by atoms with Crippen molar-refractivity contribution in [2.45, 2.75) is 20.0 Å². The monoisotopic (exact) mass is 248 g/mol. The van der Waals surface area contributed by atoms with E-state index in [2.05, 4.69) is 0 Å². The second-order valence-corrected chi connectivity index (χ2v) is 2.16. The number of carboxylic acid groups (broad SMARTS) is 3. The van der Waals surface area contributed by atoms with Crippen molar-refractivity contribution in [3.63, 3.8) is 0 Å². The number of aliphatic hydroxyl groups is 2. The van der Waals surface area contributed by atoms with E-state index < -0.39 is 24.0 Å². The van der Waals surface area contributed by atoms with Gasteiger partial charge in [-0.25, -0.2) is 4.79 Å². The first kappa shape index (κ1) is 24.5. The maximum Gasteiger partial charge on any atom is 1.00 e. The maximum atomic E-state index is 9.54. The molecule has 0 bridgehead atoms. The van der Waals surface area contributed by atoms with Gasteiger partial charge in [0.15, 0.2) is 0 Å². The van der Waals surface area contributed by atoms with Crippen LogP contribution in [0.15, 0.2) is 0 Å². The molecule has 0 aliphatic rings. The van der Waals surface area contributed by atoms with Crippen LogP contribution in [0.5, 0.6) is 0 Å². The summed E-state index contributed by atoms with van der Waals surface area (Å²) in [6.45, 7) is 2.39. The fraction of sp³-hybridized carbons (Fsp3) is 0.571. The summed E-state index contributed by atoms with van der Waals surface area (Å²) in [7, 11) is 0. The fourth-order valence-corrected chi connectivity index (χ4v) is 0. The molecule has 90 valence electrons. The van der Waals surface area contributed by atoms with Gasteiger partial charge >= 0.3 is 35.5 Å². The van der Waals surface area contributed by atoms with E-state index in [0.29, 0.717) is 0 Å². The Balaban J connectivity index is -0.0000000668. The molecule has 16 heavy (non-hydrogen) atoms. The molecule has 0 saturated carbocycles. The molecule has 0 amide bonds. The van der Waals surface area contributed by atoms with Gasteiger partial charge in [0.25, 0.3) is 0 Å². The summed E-state index contributed by atoms with van der Waals surface area (Å²) < 4.78 is 0. The molecule has 1 unspecified atom stereocenters. The van der Waals surface area contributed by atoms with Crippen molar-refractivity contribution in [2.75, 3.05) is 6.61 Å². The summed E-state index contributed by atoms with van der Waals surface area (Å²) in [6.07, 6.45) is -2.64. The average Bonchev–Trinajstić information content (AvgIpc) is 2.04. The van der Waals surface area contributed by atoms with E-state index in [0.717, 1.165) is 6.92 Å². The van der Waals surface area contributed by atoms with Crippen molar-refractivity contribution in [1.82, 2.24) is 0 Å². The van der Waals surface area contributed by atoms with Gasteiger partial charge in [-0.05, 0) is 6.92 Å². The van der Waals surface area contributed by atoms with Crippen LogP contribution >= 0.6 is 0 Å². The SMILES string of the molecule is CC(=O)C(=O)O.CC(O)CO.O=C([O-])O.[Na+]. The predicted molar refractivity (Wildman–Crippen MR) is 45.1 cm³/mol. The van der Waals surface area contributed by atoms with Gasteiger partial charge < -0.3 is 30.3 Å². The van der Waals surface area contributed by atoms with Crippen LogP contribution in [0.4, 0.5) is 4.79 Å². The van der Waals surface area contributed by atoms with Gasteiger partial charge in [-0.1, -0.05) is 0 Å². The molecule has 0 aromatic rings. The summed E-state index contributed by atoms with van der Waals surface area (Å²) >= 11 is 0. The Hall–Kier alpha value is -0.670. The van der Waals surface area contributed by atoms with Crippen molar-refractivity contribution < 1.29 is 69.5 Å². The van der Waals surface area contributed by atoms with Crippen molar-refractivity contribution in [3.05, 3.63) is 0 Å². The molecule has 0 heterocycles. The Kier molecular flexibility index (Phi) is 25.7. The molecule has 0 spiro atoms. The molecule has 0 aromatic carbocycles. The molecule has 0 aromatic heterocycles. The zero-order valence-corrected chi connectivity index (χ0v) is 11.2. The number of hydrogen-bond donors (Lipinski definition) is 4. The molecule has 0 aliphatic heterocycles. The van der Waals surface area contributed by atoms with E-state index >= 15 is 0 Å². The minimum absolute atomic E-state index is 0. The first-order valence-electron chi connectivity index (χ1n) is 3.57. The van der Waals surface area contributed by atoms with E-state index in [4.69, 9.17) is 30.3 Å². The van der Waals surface area contributed by atoms with Crippen LogP contribution in [0, 0.1) is 0 Å². The largest absolute Gasteiger partial charge is 1.00 e. The first-order chi connectivity index (χ1) is 6.64. The van der Waals surface area contributed by atoms with E-state index in [-0.39, 0.29) is 36.2 Å². The van der Waals surface area contributed by atoms with Gasteiger partial charge in [-0.2, -0.15) is 0 Å². The Morgan fingerprint density at radius 3 is 1.38 bits per heavy atom. The van der Waals surface area contributed by atoms with Crippen LogP contribution < -0.4 is 34.7 Å². The van der Waals surface area contributed by atoms with Gasteiger partial charge in [0.1, 0.15) is 0 Å². The minimum Gasteiger partial charge on any atom is -0.565 e. The standard InChI is InChI=1S/C3H4O3.C3H8O2.CH2O3.Na/c1-2(4)3(5)6;1-3(5)2-4;2-1(3)4;/h1H3,(H,5,6);3-5H,2H2,1H3;(H2,2,3,4);/q;;;+1/p-1. The quantitative estimate of drug-likeness (QED) is 0.279. The van der Waals surface area contributed by atoms with E-state index in [1.54, 1.807) is 0 Å². The van der Waals surface area contributed by atoms with Crippen LogP contribution in [0.2, 0.25) is 0 Å². The zero-order chi connectivity index (χ0) is 13.0. The summed E-state index contributed by atoms with van der Waals surface area (Å²) in [5, 5.41) is 39.0. The van der Waals surface area contributed by atoms with Crippen molar-refractivity contribution in [2.24, 2.45) is 0 Å². The number of carbonyl (C=O) groups excluding carboxylic acids is 1. The summed E-state index contributed by atoms with van der Waals surface area (Å²) in [5.74, 6) is -2.20. The van der Waals surface area contributed by atoms with Gasteiger partial charge in [0.05, 0.1) is 12.7 Å². The van der Waals surface area contributed by atoms with Crippen molar-refractivity contribution >= 4 is 17.9 Å². The smallest absolute Gasteiger partial charge is 0.565 e. The Morgan fingerprint density at radius 1 is 1.25 bits per heavy atom. The first-order valence-corrected chi connectivity index (χ1v) is 3.57. The number of carbonyl (C=O) groups is 3. The van der Waals surface area contributed by atoms with E-state index in [1.807, 2.05) is 0 Å². The topological polar surface area (TPSA) is 155 Å². The van der Waals surface area contributed by atoms with E-state index in [1.165, 1.54) is 6.92 Å². The molecule has 8 nitrogen and oxygen atoms in total. The molecule has 4 N–H and O–H groups in total. The fourth-order valence-electron chi connectivity index (χ4n) is 0. The Bertz CT molecular complexity index is 187. The number of carboxylic acids is 1. The number of Topliss-reactive ketones (excluding diaryl/α,β-unsaturated/α-hetero) is 1. The second-order valence-electron chi connectivity index (χ2n) is 2.16. The molecule has 1 atom stereocenters. The number of aliphatic hydroxyl groups excluding tert-OH is 2. The van der Waals surface area contributed by atoms with Crippen LogP contribution in [0.3, 0.4) is 0 Å². The minimum atomic E-state index is -2.08. The molecule has 9 heteroatoms. The van der Waals surface area contributed by atoms with Crippen LogP contribution in [0.1, 0.15) is 13.8 Å². The Morgan fingerprint density at radius 2 is 1.38 bits per heavy atom. The van der Waals surface area contributed by atoms with Crippen molar-refractivity contribution in [1.29, 1.82) is 0 Å². The third-order valence-corrected chi connectivity index (χ3v) is 0.565. The average molecular weight is 248 g/mol. The van der Waals surface area contributed by atoms with Crippen LogP contribution in [-0.4, -0.2) is 51.0 Å². The molecule has 0 rings (SSSR count).